The summed E-state index contributed by atoms with van der Waals surface area (Å²) in [7, 11) is 0. The first-order chi connectivity index (χ1) is 15.8. The van der Waals surface area contributed by atoms with Gasteiger partial charge in [-0.2, -0.15) is 0 Å². The number of rotatable bonds is 8. The van der Waals surface area contributed by atoms with Gasteiger partial charge in [-0.25, -0.2) is 23.4 Å². The van der Waals surface area contributed by atoms with E-state index < -0.39 is 41.7 Å². The molecule has 0 saturated heterocycles. The van der Waals surface area contributed by atoms with Crippen LogP contribution in [0.1, 0.15) is 38.2 Å². The van der Waals surface area contributed by atoms with Crippen molar-refractivity contribution in [2.75, 3.05) is 18.1 Å². The Kier molecular flexibility index (Phi) is 7.83. The summed E-state index contributed by atoms with van der Waals surface area (Å²) in [5.74, 6) is -4.74. The smallest absolute Gasteiger partial charge is 0.350 e. The number of hydrogen-bond donors (Lipinski definition) is 0. The molecule has 0 bridgehead atoms. The van der Waals surface area contributed by atoms with E-state index in [2.05, 4.69) is 4.98 Å². The molecule has 0 N–H and O–H groups in total. The minimum Gasteiger partial charge on any atom is -0.462 e. The summed E-state index contributed by atoms with van der Waals surface area (Å²) < 4.78 is 37.6. The van der Waals surface area contributed by atoms with E-state index >= 15 is 0 Å². The minimum atomic E-state index is -1.30. The summed E-state index contributed by atoms with van der Waals surface area (Å²) in [4.78, 5) is 43.1. The van der Waals surface area contributed by atoms with Gasteiger partial charge in [-0.05, 0) is 31.5 Å². The average Bonchev–Trinajstić information content (AvgIpc) is 3.18. The number of aryl methyl sites for hydroxylation is 1. The number of benzene rings is 2. The SMILES string of the molecule is CCOC(=O)c1sc(N(Cc2ccccc2)C(=O)COC(=O)c2c(F)cccc2F)nc1C. The maximum absolute atomic E-state index is 13.8. The summed E-state index contributed by atoms with van der Waals surface area (Å²) in [6.45, 7) is 2.75. The van der Waals surface area contributed by atoms with E-state index in [9.17, 15) is 23.2 Å². The molecule has 1 amide bonds. The summed E-state index contributed by atoms with van der Waals surface area (Å²) >= 11 is 0.958. The molecule has 0 fully saturated rings. The van der Waals surface area contributed by atoms with Crippen molar-refractivity contribution in [3.63, 3.8) is 0 Å². The Morgan fingerprint density at radius 2 is 1.64 bits per heavy atom. The maximum Gasteiger partial charge on any atom is 0.350 e. The van der Waals surface area contributed by atoms with Crippen LogP contribution in [0.4, 0.5) is 13.9 Å². The first kappa shape index (κ1) is 24.0. The van der Waals surface area contributed by atoms with Crippen LogP contribution in [0.5, 0.6) is 0 Å². The number of halogens is 2. The molecule has 0 aliphatic carbocycles. The zero-order chi connectivity index (χ0) is 24.0. The summed E-state index contributed by atoms with van der Waals surface area (Å²) in [5.41, 5.74) is 0.252. The number of carbonyl (C=O) groups is 3. The zero-order valence-electron chi connectivity index (χ0n) is 17.8. The second-order valence-electron chi connectivity index (χ2n) is 6.77. The predicted molar refractivity (Wildman–Crippen MR) is 117 cm³/mol. The fraction of sp³-hybridized carbons (Fsp3) is 0.217. The van der Waals surface area contributed by atoms with Crippen molar-refractivity contribution in [3.05, 3.63) is 81.9 Å². The lowest BCUT2D eigenvalue weighted by Crippen LogP contribution is -2.34. The van der Waals surface area contributed by atoms with Crippen LogP contribution in [0.25, 0.3) is 0 Å². The summed E-state index contributed by atoms with van der Waals surface area (Å²) in [5, 5.41) is 0.192. The summed E-state index contributed by atoms with van der Waals surface area (Å²) in [6.07, 6.45) is 0. The van der Waals surface area contributed by atoms with Gasteiger partial charge in [0.1, 0.15) is 22.1 Å². The van der Waals surface area contributed by atoms with Gasteiger partial charge in [0.05, 0.1) is 18.8 Å². The number of esters is 2. The van der Waals surface area contributed by atoms with Crippen molar-refractivity contribution in [2.45, 2.75) is 20.4 Å². The Bertz CT molecular complexity index is 1150. The lowest BCUT2D eigenvalue weighted by atomic mass is 10.2. The average molecular weight is 474 g/mol. The van der Waals surface area contributed by atoms with Gasteiger partial charge in [-0.3, -0.25) is 9.69 Å². The monoisotopic (exact) mass is 474 g/mol. The second-order valence-corrected chi connectivity index (χ2v) is 7.75. The third-order valence-electron chi connectivity index (χ3n) is 4.46. The highest BCUT2D eigenvalue weighted by molar-refractivity contribution is 7.17. The molecule has 0 spiro atoms. The number of amides is 1. The highest BCUT2D eigenvalue weighted by Gasteiger charge is 2.26. The molecule has 1 aromatic heterocycles. The Morgan fingerprint density at radius 3 is 2.27 bits per heavy atom. The molecule has 0 aliphatic rings. The molecule has 10 heteroatoms. The zero-order valence-corrected chi connectivity index (χ0v) is 18.7. The van der Waals surface area contributed by atoms with Crippen LogP contribution >= 0.6 is 11.3 Å². The van der Waals surface area contributed by atoms with Gasteiger partial charge in [-0.15, -0.1) is 0 Å². The van der Waals surface area contributed by atoms with Crippen molar-refractivity contribution in [2.24, 2.45) is 0 Å². The van der Waals surface area contributed by atoms with E-state index in [1.807, 2.05) is 6.07 Å². The molecule has 33 heavy (non-hydrogen) atoms. The highest BCUT2D eigenvalue weighted by Crippen LogP contribution is 2.28. The van der Waals surface area contributed by atoms with Gasteiger partial charge in [0.2, 0.25) is 0 Å². The van der Waals surface area contributed by atoms with Gasteiger partial charge >= 0.3 is 11.9 Å². The van der Waals surface area contributed by atoms with Crippen molar-refractivity contribution >= 4 is 34.3 Å². The number of aromatic nitrogens is 1. The molecule has 3 rings (SSSR count). The van der Waals surface area contributed by atoms with Crippen LogP contribution in [0.15, 0.2) is 48.5 Å². The molecular weight excluding hydrogens is 454 g/mol. The molecule has 0 unspecified atom stereocenters. The van der Waals surface area contributed by atoms with Gasteiger partial charge in [0.25, 0.3) is 5.91 Å². The van der Waals surface area contributed by atoms with Gasteiger partial charge in [0.15, 0.2) is 11.7 Å². The molecule has 2 aromatic carbocycles. The van der Waals surface area contributed by atoms with Crippen LogP contribution < -0.4 is 4.90 Å². The Balaban J connectivity index is 1.84. The largest absolute Gasteiger partial charge is 0.462 e. The molecule has 0 radical (unpaired) electrons. The predicted octanol–water partition coefficient (Wildman–Crippen LogP) is 4.30. The van der Waals surface area contributed by atoms with E-state index in [1.54, 1.807) is 38.1 Å². The van der Waals surface area contributed by atoms with Crippen molar-refractivity contribution in [1.82, 2.24) is 4.98 Å². The fourth-order valence-electron chi connectivity index (χ4n) is 2.88. The number of carbonyl (C=O) groups excluding carboxylic acids is 3. The van der Waals surface area contributed by atoms with Crippen LogP contribution in [0.3, 0.4) is 0 Å². The lowest BCUT2D eigenvalue weighted by Gasteiger charge is -2.20. The number of thiazole rings is 1. The van der Waals surface area contributed by atoms with Crippen molar-refractivity contribution in [3.8, 4) is 0 Å². The molecule has 0 saturated carbocycles. The lowest BCUT2D eigenvalue weighted by molar-refractivity contribution is -0.121. The number of ether oxygens (including phenoxy) is 2. The highest BCUT2D eigenvalue weighted by atomic mass is 32.1. The number of nitrogens with zero attached hydrogens (tertiary/aromatic N) is 2. The van der Waals surface area contributed by atoms with Crippen molar-refractivity contribution in [1.29, 1.82) is 0 Å². The van der Waals surface area contributed by atoms with Crippen LogP contribution in [0.2, 0.25) is 0 Å². The fourth-order valence-corrected chi connectivity index (χ4v) is 3.86. The second kappa shape index (κ2) is 10.8. The molecule has 172 valence electrons. The van der Waals surface area contributed by atoms with E-state index in [0.717, 1.165) is 35.1 Å². The van der Waals surface area contributed by atoms with Gasteiger partial charge < -0.3 is 9.47 Å². The maximum atomic E-state index is 13.8. The molecule has 0 aliphatic heterocycles. The van der Waals surface area contributed by atoms with Crippen LogP contribution in [0, 0.1) is 18.6 Å². The quantitative estimate of drug-likeness (QED) is 0.453. The number of hydrogen-bond acceptors (Lipinski definition) is 7. The topological polar surface area (TPSA) is 85.8 Å². The van der Waals surface area contributed by atoms with E-state index in [0.29, 0.717) is 5.69 Å². The molecule has 0 atom stereocenters. The standard InChI is InChI=1S/C23H20F2N2O5S/c1-3-31-22(30)20-14(2)26-23(33-20)27(12-15-8-5-4-6-9-15)18(28)13-32-21(29)19-16(24)10-7-11-17(19)25/h4-11H,3,12-13H2,1-2H3. The molecule has 7 nitrogen and oxygen atoms in total. The van der Waals surface area contributed by atoms with Crippen LogP contribution in [-0.2, 0) is 20.8 Å². The normalized spacial score (nSPS) is 10.5. The van der Waals surface area contributed by atoms with E-state index in [4.69, 9.17) is 9.47 Å². The third kappa shape index (κ3) is 5.78. The summed E-state index contributed by atoms with van der Waals surface area (Å²) in [6, 6.07) is 11.9. The molecule has 1 heterocycles. The van der Waals surface area contributed by atoms with Gasteiger partial charge in [-0.1, -0.05) is 47.7 Å². The third-order valence-corrected chi connectivity index (χ3v) is 5.62. The molecular formula is C23H20F2N2O5S. The van der Waals surface area contributed by atoms with Gasteiger partial charge in [0, 0.05) is 0 Å². The Morgan fingerprint density at radius 1 is 0.970 bits per heavy atom. The minimum absolute atomic E-state index is 0.0699. The first-order valence-corrected chi connectivity index (χ1v) is 10.7. The van der Waals surface area contributed by atoms with E-state index in [1.165, 1.54) is 4.90 Å². The number of anilines is 1. The first-order valence-electron chi connectivity index (χ1n) is 9.91. The Labute approximate surface area is 192 Å². The Hall–Kier alpha value is -3.66. The molecule has 3 aromatic rings. The van der Waals surface area contributed by atoms with Crippen LogP contribution in [-0.4, -0.2) is 36.0 Å². The van der Waals surface area contributed by atoms with Crippen molar-refractivity contribution < 1.29 is 32.6 Å². The van der Waals surface area contributed by atoms with E-state index in [-0.39, 0.29) is 23.2 Å².